The van der Waals surface area contributed by atoms with E-state index in [0.717, 1.165) is 61.3 Å². The molecule has 1 aromatic heterocycles. The minimum Gasteiger partial charge on any atom is -0.453 e. The Morgan fingerprint density at radius 3 is 1.66 bits per heavy atom. The monoisotopic (exact) mass is 893 g/mol. The Bertz CT molecular complexity index is 3990. The lowest BCUT2D eigenvalue weighted by Crippen LogP contribution is -2.28. The number of benzene rings is 11. The van der Waals surface area contributed by atoms with Crippen LogP contribution in [0, 0.1) is 0 Å². The number of nitrogens with zero attached hydrogens (tertiary/aromatic N) is 1. The van der Waals surface area contributed by atoms with E-state index >= 15 is 0 Å². The quantitative estimate of drug-likeness (QED) is 0.158. The molecule has 70 heavy (non-hydrogen) atoms. The Kier molecular flexibility index (Phi) is 8.88. The van der Waals surface area contributed by atoms with Gasteiger partial charge in [0.2, 0.25) is 0 Å². The smallest absolute Gasteiger partial charge is 0.159 e. The van der Waals surface area contributed by atoms with Crippen LogP contribution >= 0.6 is 0 Å². The van der Waals surface area contributed by atoms with Gasteiger partial charge in [0.1, 0.15) is 5.58 Å². The number of furan rings is 1. The van der Waals surface area contributed by atoms with Crippen molar-refractivity contribution in [1.82, 2.24) is 0 Å². The fourth-order valence-electron chi connectivity index (χ4n) is 12.4. The van der Waals surface area contributed by atoms with Gasteiger partial charge in [-0.05, 0) is 114 Å². The van der Waals surface area contributed by atoms with Crippen LogP contribution in [0.25, 0.3) is 77.2 Å². The van der Waals surface area contributed by atoms with E-state index in [-0.39, 0.29) is 5.41 Å². The van der Waals surface area contributed by atoms with Gasteiger partial charge in [0, 0.05) is 33.0 Å². The second-order valence-electron chi connectivity index (χ2n) is 19.5. The minimum atomic E-state index is -0.568. The fraction of sp³-hybridized carbons (Fsp3) is 0.0588. The maximum absolute atomic E-state index is 7.56. The van der Waals surface area contributed by atoms with Gasteiger partial charge in [0.15, 0.2) is 5.58 Å². The molecule has 0 bridgehead atoms. The molecular formula is C68H47NO. The average molecular weight is 894 g/mol. The van der Waals surface area contributed by atoms with E-state index in [2.05, 4.69) is 267 Å². The molecule has 2 heteroatoms. The van der Waals surface area contributed by atoms with Gasteiger partial charge >= 0.3 is 0 Å². The first kappa shape index (κ1) is 40.4. The van der Waals surface area contributed by atoms with Crippen LogP contribution in [0.15, 0.2) is 253 Å². The lowest BCUT2D eigenvalue weighted by molar-refractivity contribution is 0.660. The first-order chi connectivity index (χ1) is 34.5. The topological polar surface area (TPSA) is 16.4 Å². The van der Waals surface area contributed by atoms with Crippen LogP contribution in [0.3, 0.4) is 0 Å². The zero-order valence-corrected chi connectivity index (χ0v) is 39.0. The van der Waals surface area contributed by atoms with Crippen LogP contribution in [0.5, 0.6) is 0 Å². The lowest BCUT2D eigenvalue weighted by atomic mass is 9.67. The van der Waals surface area contributed by atoms with Crippen molar-refractivity contribution in [2.45, 2.75) is 24.7 Å². The summed E-state index contributed by atoms with van der Waals surface area (Å²) in [7, 11) is 0. The van der Waals surface area contributed by atoms with E-state index in [0.29, 0.717) is 0 Å². The average Bonchev–Trinajstić information content (AvgIpc) is 4.02. The first-order valence-electron chi connectivity index (χ1n) is 24.4. The normalized spacial score (nSPS) is 13.8. The van der Waals surface area contributed by atoms with E-state index in [1.165, 1.54) is 66.4 Å². The zero-order valence-electron chi connectivity index (χ0n) is 39.0. The molecule has 330 valence electrons. The van der Waals surface area contributed by atoms with E-state index in [4.69, 9.17) is 4.42 Å². The van der Waals surface area contributed by atoms with Gasteiger partial charge in [-0.25, -0.2) is 0 Å². The van der Waals surface area contributed by atoms with E-state index in [1.807, 2.05) is 0 Å². The Hall–Kier alpha value is -8.72. The van der Waals surface area contributed by atoms with Gasteiger partial charge in [-0.1, -0.05) is 226 Å². The number of hydrogen-bond acceptors (Lipinski definition) is 2. The zero-order chi connectivity index (χ0) is 46.6. The Labute approximate surface area is 408 Å². The minimum absolute atomic E-state index is 0.144. The molecule has 0 radical (unpaired) electrons. The summed E-state index contributed by atoms with van der Waals surface area (Å²) in [6.07, 6.45) is 0. The van der Waals surface area contributed by atoms with E-state index in [1.54, 1.807) is 0 Å². The van der Waals surface area contributed by atoms with Gasteiger partial charge in [0.25, 0.3) is 0 Å². The van der Waals surface area contributed by atoms with Gasteiger partial charge in [-0.3, -0.25) is 0 Å². The SMILES string of the molecule is CC1(C)c2ccccc2-c2ccc(-c3c4ccccc4cc4c3oc3c(N(c5ccc6c(c5)C(c5ccccc5)(c5ccccc5)c5ccccc5-6)c5ccccc5-c5ccccc5)cccc34)cc21. The molecule has 2 aliphatic carbocycles. The first-order valence-corrected chi connectivity index (χ1v) is 24.4. The summed E-state index contributed by atoms with van der Waals surface area (Å²) in [5.41, 5.74) is 21.5. The maximum Gasteiger partial charge on any atom is 0.159 e. The van der Waals surface area contributed by atoms with Crippen LogP contribution in [0.1, 0.15) is 47.2 Å². The Morgan fingerprint density at radius 1 is 0.343 bits per heavy atom. The van der Waals surface area contributed by atoms with E-state index < -0.39 is 5.41 Å². The van der Waals surface area contributed by atoms with Crippen LogP contribution in [-0.2, 0) is 10.8 Å². The molecule has 2 aliphatic rings. The van der Waals surface area contributed by atoms with Crippen molar-refractivity contribution >= 4 is 49.8 Å². The van der Waals surface area contributed by atoms with Gasteiger partial charge in [0.05, 0.1) is 16.8 Å². The van der Waals surface area contributed by atoms with Crippen molar-refractivity contribution in [2.24, 2.45) is 0 Å². The molecule has 0 N–H and O–H groups in total. The van der Waals surface area contributed by atoms with Gasteiger partial charge < -0.3 is 9.32 Å². The predicted molar refractivity (Wildman–Crippen MR) is 292 cm³/mol. The van der Waals surface area contributed by atoms with Crippen LogP contribution in [0.2, 0.25) is 0 Å². The maximum atomic E-state index is 7.56. The second kappa shape index (κ2) is 15.4. The number of para-hydroxylation sites is 2. The summed E-state index contributed by atoms with van der Waals surface area (Å²) in [5.74, 6) is 0. The number of rotatable bonds is 7. The molecule has 0 saturated carbocycles. The summed E-state index contributed by atoms with van der Waals surface area (Å²) in [4.78, 5) is 2.45. The van der Waals surface area contributed by atoms with Crippen molar-refractivity contribution in [1.29, 1.82) is 0 Å². The van der Waals surface area contributed by atoms with Gasteiger partial charge in [-0.15, -0.1) is 0 Å². The van der Waals surface area contributed by atoms with Crippen molar-refractivity contribution in [3.8, 4) is 44.5 Å². The number of fused-ring (bicyclic) bond motifs is 10. The molecule has 0 unspecified atom stereocenters. The summed E-state index contributed by atoms with van der Waals surface area (Å²) in [6.45, 7) is 4.72. The molecule has 12 aromatic rings. The van der Waals surface area contributed by atoms with Crippen molar-refractivity contribution in [3.05, 3.63) is 282 Å². The second-order valence-corrected chi connectivity index (χ2v) is 19.5. The summed E-state index contributed by atoms with van der Waals surface area (Å²) < 4.78 is 7.56. The highest BCUT2D eigenvalue weighted by Crippen LogP contribution is 2.58. The highest BCUT2D eigenvalue weighted by Gasteiger charge is 2.46. The number of hydrogen-bond donors (Lipinski definition) is 0. The fourth-order valence-corrected chi connectivity index (χ4v) is 12.4. The summed E-state index contributed by atoms with van der Waals surface area (Å²) in [6, 6.07) is 91.6. The third kappa shape index (κ3) is 5.74. The largest absolute Gasteiger partial charge is 0.453 e. The molecular weight excluding hydrogens is 847 g/mol. The molecule has 0 spiro atoms. The third-order valence-electron chi connectivity index (χ3n) is 15.5. The van der Waals surface area contributed by atoms with Crippen molar-refractivity contribution in [3.63, 3.8) is 0 Å². The number of anilines is 3. The molecule has 0 aliphatic heterocycles. The van der Waals surface area contributed by atoms with Crippen LogP contribution in [0.4, 0.5) is 17.1 Å². The van der Waals surface area contributed by atoms with Gasteiger partial charge in [-0.2, -0.15) is 0 Å². The Balaban J connectivity index is 1.05. The summed E-state index contributed by atoms with van der Waals surface area (Å²) >= 11 is 0. The Morgan fingerprint density at radius 2 is 0.900 bits per heavy atom. The lowest BCUT2D eigenvalue weighted by Gasteiger charge is -2.35. The van der Waals surface area contributed by atoms with Crippen molar-refractivity contribution < 1.29 is 4.42 Å². The third-order valence-corrected chi connectivity index (χ3v) is 15.5. The highest BCUT2D eigenvalue weighted by molar-refractivity contribution is 6.20. The molecule has 0 amide bonds. The molecule has 0 fully saturated rings. The molecule has 0 atom stereocenters. The van der Waals surface area contributed by atoms with Crippen molar-refractivity contribution in [2.75, 3.05) is 4.90 Å². The molecule has 1 heterocycles. The molecule has 0 saturated heterocycles. The van der Waals surface area contributed by atoms with Crippen LogP contribution < -0.4 is 4.90 Å². The highest BCUT2D eigenvalue weighted by atomic mass is 16.3. The summed E-state index contributed by atoms with van der Waals surface area (Å²) in [5, 5.41) is 4.53. The standard InChI is InChI=1S/C68H47NO/c1-67(2)58-33-17-14-30-52(58)54-39-37-46(42-60(54)67)64-51-29-13-12-23-45(51)41-57-56-32-20-36-63(65(56)70-66(57)64)69(62-35-19-16-28-50(62)44-21-6-3-7-22-44)49-38-40-55-53-31-15-18-34-59(53)68(61(55)43-49,47-24-8-4-9-25-47)48-26-10-5-11-27-48/h3-43H,1-2H3. The molecule has 11 aromatic carbocycles. The van der Waals surface area contributed by atoms with E-state index in [9.17, 15) is 0 Å². The molecule has 2 nitrogen and oxygen atoms in total. The van der Waals surface area contributed by atoms with Crippen LogP contribution in [-0.4, -0.2) is 0 Å². The molecule has 14 rings (SSSR count). The predicted octanol–water partition coefficient (Wildman–Crippen LogP) is 18.2.